The minimum Gasteiger partial charge on any atom is -0.458 e. The van der Waals surface area contributed by atoms with E-state index in [0.29, 0.717) is 0 Å². The van der Waals surface area contributed by atoms with Crippen LogP contribution in [0.1, 0.15) is 0 Å². The third-order valence-electron chi connectivity index (χ3n) is 10.5. The molecule has 0 bridgehead atoms. The Morgan fingerprint density at radius 2 is 0.643 bits per heavy atom. The molecule has 0 saturated heterocycles. The maximum absolute atomic E-state index is 6.34. The molecule has 10 rings (SSSR count). The maximum atomic E-state index is 6.34. The minimum atomic E-state index is -2.46. The Bertz CT molecular complexity index is 2470. The van der Waals surface area contributed by atoms with Crippen LogP contribution in [-0.4, -0.2) is 23.8 Å². The van der Waals surface area contributed by atoms with Crippen LogP contribution in [0.25, 0.3) is 0 Å². The summed E-state index contributed by atoms with van der Waals surface area (Å²) in [5.74, 6) is 3.87. The molecule has 0 spiro atoms. The van der Waals surface area contributed by atoms with Gasteiger partial charge in [-0.3, -0.25) is 0 Å². The zero-order valence-electron chi connectivity index (χ0n) is 30.4. The van der Waals surface area contributed by atoms with Crippen LogP contribution in [0.15, 0.2) is 221 Å². The van der Waals surface area contributed by atoms with Gasteiger partial charge < -0.3 is 9.47 Å². The van der Waals surface area contributed by atoms with E-state index in [4.69, 9.17) is 9.47 Å². The third-order valence-corrected chi connectivity index (χ3v) is 20.6. The van der Waals surface area contributed by atoms with Crippen molar-refractivity contribution in [1.82, 2.24) is 0 Å². The molecule has 8 heteroatoms. The fraction of sp³-hybridized carbons (Fsp3) is 0. The molecular formula is C48H36BBrNO2SSi2. The van der Waals surface area contributed by atoms with Crippen LogP contribution in [0.4, 0.5) is 0 Å². The summed E-state index contributed by atoms with van der Waals surface area (Å²) >= 11 is 6.89. The van der Waals surface area contributed by atoms with E-state index in [1.807, 2.05) is 0 Å². The molecule has 2 heterocycles. The molecule has 8 aromatic rings. The van der Waals surface area contributed by atoms with Crippen LogP contribution >= 0.6 is 28.7 Å². The quantitative estimate of drug-likeness (QED) is 0.149. The van der Waals surface area contributed by atoms with E-state index in [0.717, 1.165) is 27.5 Å². The molecule has 2 aliphatic heterocycles. The van der Waals surface area contributed by atoms with Crippen molar-refractivity contribution in [2.75, 3.05) is 0 Å². The Labute approximate surface area is 345 Å². The predicted molar refractivity (Wildman–Crippen MR) is 245 cm³/mol. The summed E-state index contributed by atoms with van der Waals surface area (Å²) in [6.07, 6.45) is 0. The van der Waals surface area contributed by atoms with E-state index in [2.05, 4.69) is 253 Å². The topological polar surface area (TPSA) is 30.8 Å². The van der Waals surface area contributed by atoms with E-state index >= 15 is 0 Å². The van der Waals surface area contributed by atoms with Crippen molar-refractivity contribution in [3.8, 4) is 23.0 Å². The number of hydrogen-bond donors (Lipinski definition) is 1. The van der Waals surface area contributed by atoms with Gasteiger partial charge in [-0.05, 0) is 77.9 Å². The molecular weight excluding hydrogens is 801 g/mol. The number of halogens is 1. The monoisotopic (exact) mass is 836 g/mol. The number of hydrogen-bond acceptors (Lipinski definition) is 4. The average molecular weight is 838 g/mol. The first-order valence-electron chi connectivity index (χ1n) is 18.3. The van der Waals surface area contributed by atoms with Gasteiger partial charge in [0.25, 0.3) is 0 Å². The number of thiol groups is 1. The van der Waals surface area contributed by atoms with Crippen LogP contribution in [-0.2, 0) is 0 Å². The van der Waals surface area contributed by atoms with Crippen molar-refractivity contribution < 1.29 is 9.47 Å². The average Bonchev–Trinajstić information content (AvgIpc) is 3.26. The van der Waals surface area contributed by atoms with Crippen molar-refractivity contribution in [1.29, 1.82) is 0 Å². The molecule has 0 aromatic heterocycles. The van der Waals surface area contributed by atoms with Crippen LogP contribution < -0.4 is 51.0 Å². The Kier molecular flexibility index (Phi) is 11.2. The standard InChI is InChI=1S/C24H17BrOSi.C24H18OSi.BHNS/c25-18-15-16-22-24(17-18)27(19-9-3-1-4-10-19,20-11-5-2-6-12-20)23-14-8-7-13-21(23)26-22;1-3-11-19(12-4-1)26(20-13-5-2-6-14-20)23-17-9-7-15-21(23)25-22-16-8-10-18-24(22)26;1-2-3/h1-17H;1-18H;3H. The summed E-state index contributed by atoms with van der Waals surface area (Å²) < 4.78 is 16.4. The van der Waals surface area contributed by atoms with E-state index in [1.54, 1.807) is 0 Å². The molecule has 56 heavy (non-hydrogen) atoms. The van der Waals surface area contributed by atoms with Crippen molar-refractivity contribution in [3.05, 3.63) is 217 Å². The van der Waals surface area contributed by atoms with Crippen LogP contribution in [0, 0.1) is 0 Å². The van der Waals surface area contributed by atoms with Gasteiger partial charge in [0.2, 0.25) is 0 Å². The molecule has 0 amide bonds. The number of nitrogens with zero attached hydrogens (tertiary/aromatic N) is 1. The number of benzene rings is 8. The molecule has 0 saturated carbocycles. The van der Waals surface area contributed by atoms with Gasteiger partial charge >= 0.3 is 24.8 Å². The first-order valence-corrected chi connectivity index (χ1v) is 23.5. The number of ether oxygens (including phenoxy) is 2. The zero-order valence-corrected chi connectivity index (χ0v) is 34.9. The van der Waals surface area contributed by atoms with Gasteiger partial charge in [-0.25, -0.2) is 0 Å². The second-order valence-electron chi connectivity index (χ2n) is 13.4. The SMILES string of the molecule is Brc1ccc2c(c1)[Si](c1ccccc1)(c1ccccc1)c1ccccc1O2.[B]=NS.c1ccc([Si]2(c3ccccc3)c3ccccc3Oc3ccccc32)cc1. The fourth-order valence-corrected chi connectivity index (χ4v) is 18.8. The summed E-state index contributed by atoms with van der Waals surface area (Å²) in [6.45, 7) is 0. The summed E-state index contributed by atoms with van der Waals surface area (Å²) in [5.41, 5.74) is 0. The summed E-state index contributed by atoms with van der Waals surface area (Å²) in [4.78, 5) is 0. The van der Waals surface area contributed by atoms with Gasteiger partial charge in [-0.2, -0.15) is 0 Å². The Morgan fingerprint density at radius 3 is 0.982 bits per heavy atom. The van der Waals surface area contributed by atoms with E-state index in [-0.39, 0.29) is 0 Å². The van der Waals surface area contributed by atoms with E-state index < -0.39 is 16.1 Å². The van der Waals surface area contributed by atoms with Crippen molar-refractivity contribution in [3.63, 3.8) is 0 Å². The van der Waals surface area contributed by atoms with Gasteiger partial charge in [-0.15, -0.1) is 0 Å². The smallest absolute Gasteiger partial charge is 0.188 e. The molecule has 0 fully saturated rings. The van der Waals surface area contributed by atoms with Crippen molar-refractivity contribution in [2.45, 2.75) is 0 Å². The van der Waals surface area contributed by atoms with Crippen molar-refractivity contribution in [2.24, 2.45) is 4.30 Å². The first kappa shape index (κ1) is 37.4. The largest absolute Gasteiger partial charge is 0.458 e. The fourth-order valence-electron chi connectivity index (χ4n) is 8.34. The molecule has 0 aliphatic carbocycles. The third kappa shape index (κ3) is 6.62. The summed E-state index contributed by atoms with van der Waals surface area (Å²) in [6, 6.07) is 75.7. The normalized spacial score (nSPS) is 13.4. The van der Waals surface area contributed by atoms with Gasteiger partial charge in [0, 0.05) is 4.47 Å². The first-order chi connectivity index (χ1) is 27.6. The molecule has 8 aromatic carbocycles. The molecule has 3 nitrogen and oxygen atoms in total. The molecule has 0 N–H and O–H groups in total. The second kappa shape index (κ2) is 16.7. The minimum absolute atomic E-state index is 0.955. The summed E-state index contributed by atoms with van der Waals surface area (Å²) in [5, 5.41) is 10.7. The maximum Gasteiger partial charge on any atom is 0.188 e. The molecule has 1 radical (unpaired) electrons. The second-order valence-corrected chi connectivity index (χ2v) is 22.0. The van der Waals surface area contributed by atoms with Crippen LogP contribution in [0.3, 0.4) is 0 Å². The number of fused-ring (bicyclic) bond motifs is 4. The predicted octanol–water partition coefficient (Wildman–Crippen LogP) is 7.29. The summed E-state index contributed by atoms with van der Waals surface area (Å²) in [7, 11) is -0.527. The van der Waals surface area contributed by atoms with Gasteiger partial charge in [0.15, 0.2) is 16.1 Å². The van der Waals surface area contributed by atoms with Crippen molar-refractivity contribution >= 4 is 94.0 Å². The Morgan fingerprint density at radius 1 is 0.375 bits per heavy atom. The van der Waals surface area contributed by atoms with Gasteiger partial charge in [0.1, 0.15) is 23.0 Å². The van der Waals surface area contributed by atoms with Crippen LogP contribution in [0.5, 0.6) is 23.0 Å². The van der Waals surface area contributed by atoms with E-state index in [1.165, 1.54) is 41.5 Å². The molecule has 269 valence electrons. The van der Waals surface area contributed by atoms with Crippen LogP contribution in [0.2, 0.25) is 0 Å². The van der Waals surface area contributed by atoms with E-state index in [9.17, 15) is 0 Å². The molecule has 0 unspecified atom stereocenters. The molecule has 0 atom stereocenters. The zero-order chi connectivity index (χ0) is 38.4. The van der Waals surface area contributed by atoms with Gasteiger partial charge in [0.05, 0.1) is 0 Å². The number of rotatable bonds is 4. The Balaban J connectivity index is 0.000000147. The number of para-hydroxylation sites is 3. The van der Waals surface area contributed by atoms with Gasteiger partial charge in [-0.1, -0.05) is 192 Å². The molecule has 2 aliphatic rings. The Hall–Kier alpha value is -5.51.